The molecule has 0 saturated heterocycles. The molecule has 4 rings (SSSR count). The zero-order valence-electron chi connectivity index (χ0n) is 22.0. The molecule has 0 aliphatic heterocycles. The number of hydrazone groups is 1. The first kappa shape index (κ1) is 28.8. The second-order valence-electron chi connectivity index (χ2n) is 8.50. The minimum atomic E-state index is -0.698. The molecule has 0 atom stereocenters. The van der Waals surface area contributed by atoms with Gasteiger partial charge < -0.3 is 9.47 Å². The molecular formula is C32H23N3O7. The fourth-order valence-corrected chi connectivity index (χ4v) is 3.52. The molecule has 4 aromatic carbocycles. The average Bonchev–Trinajstić information content (AvgIpc) is 3.01. The third-order valence-corrected chi connectivity index (χ3v) is 5.58. The maximum absolute atomic E-state index is 12.6. The van der Waals surface area contributed by atoms with Crippen LogP contribution in [0, 0.1) is 10.1 Å². The summed E-state index contributed by atoms with van der Waals surface area (Å²) in [7, 11) is 0. The number of hydrogen-bond donors (Lipinski definition) is 1. The van der Waals surface area contributed by atoms with Gasteiger partial charge >= 0.3 is 11.9 Å². The Bertz CT molecular complexity index is 1680. The maximum atomic E-state index is 12.6. The molecule has 10 nitrogen and oxygen atoms in total. The predicted octanol–water partition coefficient (Wildman–Crippen LogP) is 5.60. The van der Waals surface area contributed by atoms with Crippen molar-refractivity contribution in [3.63, 3.8) is 0 Å². The molecule has 0 saturated carbocycles. The molecule has 42 heavy (non-hydrogen) atoms. The molecule has 0 aromatic heterocycles. The predicted molar refractivity (Wildman–Crippen MR) is 157 cm³/mol. The lowest BCUT2D eigenvalue weighted by atomic mass is 10.2. The summed E-state index contributed by atoms with van der Waals surface area (Å²) in [5.74, 6) is -1.40. The number of carbonyl (C=O) groups excluding carboxylic acids is 3. The van der Waals surface area contributed by atoms with E-state index in [1.807, 2.05) is 30.3 Å². The SMILES string of the molecule is O=C(/C=C/c1ccccc1)Oc1ccccc1/C=C/C(=O)Oc1ccccc1/C=N/NC(=O)c1ccc([N+](=O)[O-])cc1. The molecule has 0 bridgehead atoms. The minimum Gasteiger partial charge on any atom is -0.423 e. The van der Waals surface area contributed by atoms with Gasteiger partial charge in [0.15, 0.2) is 0 Å². The Morgan fingerprint density at radius 2 is 1.24 bits per heavy atom. The van der Waals surface area contributed by atoms with Crippen molar-refractivity contribution in [2.75, 3.05) is 0 Å². The van der Waals surface area contributed by atoms with Gasteiger partial charge in [0.05, 0.1) is 11.1 Å². The standard InChI is InChI=1S/C32H23N3O7/c36-30(20-14-23-8-2-1-3-9-23)41-28-12-6-4-10-24(28)17-21-31(37)42-29-13-7-5-11-26(29)22-33-34-32(38)25-15-18-27(19-16-25)35(39)40/h1-22H,(H,34,38)/b20-14+,21-17+,33-22+. The van der Waals surface area contributed by atoms with Crippen LogP contribution in [0.2, 0.25) is 0 Å². The van der Waals surface area contributed by atoms with E-state index in [0.717, 1.165) is 5.56 Å². The Balaban J connectivity index is 1.37. The van der Waals surface area contributed by atoms with Crippen LogP contribution in [0.4, 0.5) is 5.69 Å². The Morgan fingerprint density at radius 1 is 0.690 bits per heavy atom. The second-order valence-corrected chi connectivity index (χ2v) is 8.50. The van der Waals surface area contributed by atoms with Crippen molar-refractivity contribution in [1.29, 1.82) is 0 Å². The monoisotopic (exact) mass is 561 g/mol. The number of benzene rings is 4. The van der Waals surface area contributed by atoms with Crippen molar-refractivity contribution < 1.29 is 28.8 Å². The number of esters is 2. The van der Waals surface area contributed by atoms with Crippen molar-refractivity contribution in [3.05, 3.63) is 148 Å². The largest absolute Gasteiger partial charge is 0.423 e. The average molecular weight is 562 g/mol. The van der Waals surface area contributed by atoms with Gasteiger partial charge in [-0.15, -0.1) is 0 Å². The topological polar surface area (TPSA) is 137 Å². The normalized spacial score (nSPS) is 11.0. The molecular weight excluding hydrogens is 538 g/mol. The third-order valence-electron chi connectivity index (χ3n) is 5.58. The van der Waals surface area contributed by atoms with Crippen LogP contribution >= 0.6 is 0 Å². The van der Waals surface area contributed by atoms with Crippen LogP contribution in [0.1, 0.15) is 27.0 Å². The van der Waals surface area contributed by atoms with Crippen LogP contribution in [0.15, 0.2) is 120 Å². The molecule has 4 aromatic rings. The fourth-order valence-electron chi connectivity index (χ4n) is 3.52. The van der Waals surface area contributed by atoms with Crippen LogP contribution in [-0.4, -0.2) is 29.0 Å². The van der Waals surface area contributed by atoms with E-state index < -0.39 is 22.8 Å². The number of nitro benzene ring substituents is 1. The van der Waals surface area contributed by atoms with Crippen molar-refractivity contribution >= 4 is 41.9 Å². The summed E-state index contributed by atoms with van der Waals surface area (Å²) >= 11 is 0. The molecule has 0 unspecified atom stereocenters. The van der Waals surface area contributed by atoms with Crippen molar-refractivity contribution in [2.24, 2.45) is 5.10 Å². The Morgan fingerprint density at radius 3 is 1.88 bits per heavy atom. The number of nitrogens with one attached hydrogen (secondary N) is 1. The number of ether oxygens (including phenoxy) is 2. The van der Waals surface area contributed by atoms with E-state index >= 15 is 0 Å². The number of nitro groups is 1. The molecule has 0 heterocycles. The highest BCUT2D eigenvalue weighted by atomic mass is 16.6. The first-order chi connectivity index (χ1) is 20.4. The van der Waals surface area contributed by atoms with Gasteiger partial charge in [0.1, 0.15) is 11.5 Å². The highest BCUT2D eigenvalue weighted by molar-refractivity contribution is 5.96. The number of non-ortho nitro benzene ring substituents is 1. The van der Waals surface area contributed by atoms with E-state index in [4.69, 9.17) is 9.47 Å². The number of carbonyl (C=O) groups is 3. The molecule has 0 radical (unpaired) electrons. The Labute approximate surface area is 240 Å². The molecule has 1 amide bonds. The molecule has 0 spiro atoms. The van der Waals surface area contributed by atoms with Gasteiger partial charge in [-0.1, -0.05) is 60.7 Å². The third kappa shape index (κ3) is 8.42. The van der Waals surface area contributed by atoms with Gasteiger partial charge in [-0.25, -0.2) is 15.0 Å². The number of rotatable bonds is 10. The quantitative estimate of drug-likeness (QED) is 0.0665. The van der Waals surface area contributed by atoms with Crippen LogP contribution in [0.25, 0.3) is 12.2 Å². The smallest absolute Gasteiger partial charge is 0.336 e. The fraction of sp³-hybridized carbons (Fsp3) is 0. The number of hydrogen-bond acceptors (Lipinski definition) is 8. The van der Waals surface area contributed by atoms with Gasteiger partial charge in [-0.05, 0) is 48.0 Å². The van der Waals surface area contributed by atoms with Crippen LogP contribution < -0.4 is 14.9 Å². The Hall–Kier alpha value is -6.16. The zero-order chi connectivity index (χ0) is 29.7. The number of amides is 1. The van der Waals surface area contributed by atoms with Crippen molar-refractivity contribution in [2.45, 2.75) is 0 Å². The van der Waals surface area contributed by atoms with Gasteiger partial charge in [0.25, 0.3) is 11.6 Å². The second kappa shape index (κ2) is 14.3. The van der Waals surface area contributed by atoms with E-state index in [2.05, 4.69) is 10.5 Å². The number of nitrogens with zero attached hydrogens (tertiary/aromatic N) is 2. The summed E-state index contributed by atoms with van der Waals surface area (Å²) in [4.78, 5) is 47.4. The summed E-state index contributed by atoms with van der Waals surface area (Å²) in [5.41, 5.74) is 4.11. The van der Waals surface area contributed by atoms with E-state index in [1.54, 1.807) is 54.6 Å². The zero-order valence-corrected chi connectivity index (χ0v) is 22.0. The van der Waals surface area contributed by atoms with Gasteiger partial charge in [0.2, 0.25) is 0 Å². The summed E-state index contributed by atoms with van der Waals surface area (Å²) in [6.45, 7) is 0. The lowest BCUT2D eigenvalue weighted by molar-refractivity contribution is -0.384. The van der Waals surface area contributed by atoms with Crippen molar-refractivity contribution in [1.82, 2.24) is 5.43 Å². The summed E-state index contributed by atoms with van der Waals surface area (Å²) in [5, 5.41) is 14.7. The lowest BCUT2D eigenvalue weighted by Crippen LogP contribution is -2.17. The molecule has 208 valence electrons. The van der Waals surface area contributed by atoms with Gasteiger partial charge in [-0.2, -0.15) is 5.10 Å². The van der Waals surface area contributed by atoms with E-state index in [-0.39, 0.29) is 22.7 Å². The number of para-hydroxylation sites is 2. The minimum absolute atomic E-state index is 0.139. The van der Waals surface area contributed by atoms with Crippen LogP contribution in [0.3, 0.4) is 0 Å². The first-order valence-electron chi connectivity index (χ1n) is 12.5. The Kier molecular flexibility index (Phi) is 9.81. The highest BCUT2D eigenvalue weighted by Gasteiger charge is 2.10. The molecule has 0 aliphatic carbocycles. The molecule has 0 fully saturated rings. The molecule has 1 N–H and O–H groups in total. The maximum Gasteiger partial charge on any atom is 0.336 e. The summed E-state index contributed by atoms with van der Waals surface area (Å²) in [6.07, 6.45) is 6.91. The van der Waals surface area contributed by atoms with E-state index in [0.29, 0.717) is 11.1 Å². The molecule has 10 heteroatoms. The van der Waals surface area contributed by atoms with Gasteiger partial charge in [-0.3, -0.25) is 14.9 Å². The van der Waals surface area contributed by atoms with Crippen LogP contribution in [-0.2, 0) is 9.59 Å². The summed E-state index contributed by atoms with van der Waals surface area (Å²) in [6, 6.07) is 27.6. The van der Waals surface area contributed by atoms with Crippen LogP contribution in [0.5, 0.6) is 11.5 Å². The first-order valence-corrected chi connectivity index (χ1v) is 12.5. The summed E-state index contributed by atoms with van der Waals surface area (Å²) < 4.78 is 10.9. The van der Waals surface area contributed by atoms with E-state index in [1.165, 1.54) is 48.7 Å². The lowest BCUT2D eigenvalue weighted by Gasteiger charge is -2.06. The van der Waals surface area contributed by atoms with Crippen molar-refractivity contribution in [3.8, 4) is 11.5 Å². The van der Waals surface area contributed by atoms with E-state index in [9.17, 15) is 24.5 Å². The van der Waals surface area contributed by atoms with Gasteiger partial charge in [0, 0.05) is 41.0 Å². The molecule has 0 aliphatic rings. The highest BCUT2D eigenvalue weighted by Crippen LogP contribution is 2.21.